The second-order valence-corrected chi connectivity index (χ2v) is 14.2. The van der Waals surface area contributed by atoms with Gasteiger partial charge in [-0.2, -0.15) is 0 Å². The smallest absolute Gasteiger partial charge is 0.313 e. The predicted octanol–water partition coefficient (Wildman–Crippen LogP) is 4.86. The average molecular weight is 745 g/mol. The van der Waals surface area contributed by atoms with Crippen LogP contribution in [0.5, 0.6) is 0 Å². The van der Waals surface area contributed by atoms with Crippen LogP contribution < -0.4 is 10.2 Å². The monoisotopic (exact) mass is 743 g/mol. The van der Waals surface area contributed by atoms with Gasteiger partial charge in [0, 0.05) is 36.6 Å². The van der Waals surface area contributed by atoms with Crippen molar-refractivity contribution >= 4 is 56.1 Å². The van der Waals surface area contributed by atoms with Crippen LogP contribution >= 0.6 is 15.9 Å². The van der Waals surface area contributed by atoms with E-state index in [9.17, 15) is 24.3 Å². The number of aliphatic hydroxyl groups is 1. The number of likely N-dealkylation sites (tertiary alicyclic amines) is 1. The Labute approximate surface area is 300 Å². The van der Waals surface area contributed by atoms with Crippen LogP contribution in [0.1, 0.15) is 37.4 Å². The fourth-order valence-electron chi connectivity index (χ4n) is 7.75. The lowest BCUT2D eigenvalue weighted by molar-refractivity contribution is -0.160. The molecule has 1 unspecified atom stereocenters. The first kappa shape index (κ1) is 35.5. The second-order valence-electron chi connectivity index (χ2n) is 13.0. The summed E-state index contributed by atoms with van der Waals surface area (Å²) in [7, 11) is 0. The van der Waals surface area contributed by atoms with Gasteiger partial charge in [-0.25, -0.2) is 0 Å². The molecule has 0 radical (unpaired) electrons. The molecule has 0 aromatic heterocycles. The van der Waals surface area contributed by atoms with E-state index in [0.29, 0.717) is 24.1 Å². The van der Waals surface area contributed by atoms with Crippen molar-refractivity contribution in [1.82, 2.24) is 10.2 Å². The Morgan fingerprint density at radius 2 is 1.82 bits per heavy atom. The Hall–Kier alpha value is -4.32. The molecule has 0 saturated carbocycles. The zero-order valence-corrected chi connectivity index (χ0v) is 29.4. The van der Waals surface area contributed by atoms with Gasteiger partial charge in [-0.3, -0.25) is 19.2 Å². The molecule has 2 N–H and O–H groups in total. The highest BCUT2D eigenvalue weighted by molar-refractivity contribution is 9.09. The third-order valence-corrected chi connectivity index (χ3v) is 10.8. The van der Waals surface area contributed by atoms with E-state index >= 15 is 0 Å². The number of amides is 3. The number of hydrogen-bond acceptors (Lipinski definition) is 7. The van der Waals surface area contributed by atoms with E-state index in [1.165, 1.54) is 4.90 Å². The van der Waals surface area contributed by atoms with Crippen LogP contribution in [0.25, 0.3) is 10.8 Å². The Bertz CT molecular complexity index is 1770. The van der Waals surface area contributed by atoms with Crippen molar-refractivity contribution in [1.29, 1.82) is 0 Å². The molecule has 3 heterocycles. The number of allylic oxidation sites excluding steroid dienone is 1. The minimum Gasteiger partial charge on any atom is -0.455 e. The number of rotatable bonds is 15. The van der Waals surface area contributed by atoms with Gasteiger partial charge in [0.05, 0.1) is 24.5 Å². The van der Waals surface area contributed by atoms with E-state index in [4.69, 9.17) is 9.47 Å². The van der Waals surface area contributed by atoms with Gasteiger partial charge in [0.25, 0.3) is 5.91 Å². The van der Waals surface area contributed by atoms with Crippen LogP contribution in [0.4, 0.5) is 5.69 Å². The van der Waals surface area contributed by atoms with E-state index in [2.05, 4.69) is 34.4 Å². The first-order valence-corrected chi connectivity index (χ1v) is 17.9. The van der Waals surface area contributed by atoms with Crippen molar-refractivity contribution in [3.05, 3.63) is 104 Å². The summed E-state index contributed by atoms with van der Waals surface area (Å²) in [6, 6.07) is 21.6. The Balaban J connectivity index is 1.33. The fourth-order valence-corrected chi connectivity index (χ4v) is 8.69. The summed E-state index contributed by atoms with van der Waals surface area (Å²) in [5, 5.41) is 14.6. The number of alkyl halides is 1. The van der Waals surface area contributed by atoms with E-state index in [0.717, 1.165) is 10.8 Å². The molecule has 10 nitrogen and oxygen atoms in total. The molecular formula is C39H42BrN3O7. The third kappa shape index (κ3) is 6.61. The van der Waals surface area contributed by atoms with E-state index in [1.807, 2.05) is 72.8 Å². The van der Waals surface area contributed by atoms with Crippen LogP contribution in [-0.2, 0) is 28.7 Å². The summed E-state index contributed by atoms with van der Waals surface area (Å²) >= 11 is 3.72. The SMILES string of the molecule is C=CCCC(=O)NC[C@@H](OC(=O)[C@@H]1[C@H]2O[C@@]3(CC2Br)[C@H](C(=O)N(CC=C)c2ccc4ccccc4c2)N(CCCO)C(=O)[C@@H]13)c1ccccc1. The third-order valence-electron chi connectivity index (χ3n) is 9.96. The van der Waals surface area contributed by atoms with E-state index in [1.54, 1.807) is 17.1 Å². The summed E-state index contributed by atoms with van der Waals surface area (Å²) in [4.78, 5) is 58.8. The number of carbonyl (C=O) groups is 4. The molecular weight excluding hydrogens is 702 g/mol. The van der Waals surface area contributed by atoms with Crippen molar-refractivity contribution in [3.63, 3.8) is 0 Å². The van der Waals surface area contributed by atoms with Gasteiger partial charge in [-0.15, -0.1) is 13.2 Å². The summed E-state index contributed by atoms with van der Waals surface area (Å²) in [6.45, 7) is 7.70. The maximum atomic E-state index is 14.9. The van der Waals surface area contributed by atoms with Crippen LogP contribution in [0, 0.1) is 11.8 Å². The predicted molar refractivity (Wildman–Crippen MR) is 193 cm³/mol. The number of nitrogens with one attached hydrogen (secondary N) is 1. The normalized spacial score (nSPS) is 25.6. The van der Waals surface area contributed by atoms with Gasteiger partial charge < -0.3 is 29.7 Å². The fraction of sp³-hybridized carbons (Fsp3) is 0.385. The van der Waals surface area contributed by atoms with Crippen molar-refractivity contribution in [2.24, 2.45) is 11.8 Å². The van der Waals surface area contributed by atoms with E-state index < -0.39 is 41.7 Å². The molecule has 11 heteroatoms. The van der Waals surface area contributed by atoms with Crippen LogP contribution in [0.15, 0.2) is 98.1 Å². The van der Waals surface area contributed by atoms with Crippen LogP contribution in [-0.4, -0.2) is 82.5 Å². The molecule has 3 aromatic rings. The van der Waals surface area contributed by atoms with Gasteiger partial charge >= 0.3 is 5.97 Å². The van der Waals surface area contributed by atoms with Crippen molar-refractivity contribution in [2.75, 3.05) is 31.1 Å². The quantitative estimate of drug-likeness (QED) is 0.130. The number of ether oxygens (including phenoxy) is 2. The van der Waals surface area contributed by atoms with Crippen molar-refractivity contribution in [3.8, 4) is 0 Å². The second kappa shape index (κ2) is 15.3. The topological polar surface area (TPSA) is 125 Å². The van der Waals surface area contributed by atoms with Gasteiger partial charge in [0.2, 0.25) is 11.8 Å². The van der Waals surface area contributed by atoms with E-state index in [-0.39, 0.29) is 61.6 Å². The Kier molecular flexibility index (Phi) is 10.9. The lowest BCUT2D eigenvalue weighted by atomic mass is 9.70. The molecule has 3 amide bonds. The highest BCUT2D eigenvalue weighted by atomic mass is 79.9. The highest BCUT2D eigenvalue weighted by Gasteiger charge is 2.77. The number of carbonyl (C=O) groups excluding carboxylic acids is 4. The molecule has 3 aromatic carbocycles. The first-order chi connectivity index (χ1) is 24.2. The molecule has 6 rings (SSSR count). The molecule has 3 aliphatic rings. The molecule has 0 aliphatic carbocycles. The molecule has 7 atom stereocenters. The molecule has 50 heavy (non-hydrogen) atoms. The number of halogens is 1. The minimum absolute atomic E-state index is 0.0392. The van der Waals surface area contributed by atoms with Crippen LogP contribution in [0.2, 0.25) is 0 Å². The maximum Gasteiger partial charge on any atom is 0.313 e. The standard InChI is InChI=1S/C39H42BrN3O7/c1-3-5-16-31(45)41-24-30(26-13-7-6-8-14-26)49-38(48)32-33-36(46)43(20-11-21-44)35(39(33)23-29(40)34(32)50-39)37(47)42(19-4-2)28-18-17-25-12-9-10-15-27(25)22-28/h3-4,6-10,12-15,17-18,22,29-30,32-35,44H,1-2,5,11,16,19-21,23-24H2,(H,41,45)/t29?,30-,32+,33-,34+,35+,39-/m1/s1. The van der Waals surface area contributed by atoms with Gasteiger partial charge in [0.1, 0.15) is 17.7 Å². The van der Waals surface area contributed by atoms with Gasteiger partial charge in [-0.05, 0) is 47.7 Å². The summed E-state index contributed by atoms with van der Waals surface area (Å²) < 4.78 is 12.8. The zero-order chi connectivity index (χ0) is 35.4. The molecule has 3 fully saturated rings. The Morgan fingerprint density at radius 3 is 2.54 bits per heavy atom. The maximum absolute atomic E-state index is 14.9. The lowest BCUT2D eigenvalue weighted by Gasteiger charge is -2.37. The highest BCUT2D eigenvalue weighted by Crippen LogP contribution is 2.60. The molecule has 2 bridgehead atoms. The molecule has 3 saturated heterocycles. The number of nitrogens with zero attached hydrogens (tertiary/aromatic N) is 2. The number of anilines is 1. The van der Waals surface area contributed by atoms with Crippen molar-refractivity contribution in [2.45, 2.75) is 54.4 Å². The average Bonchev–Trinajstić information content (AvgIpc) is 3.73. The van der Waals surface area contributed by atoms with Crippen molar-refractivity contribution < 1.29 is 33.8 Å². The lowest BCUT2D eigenvalue weighted by Crippen LogP contribution is -2.57. The summed E-state index contributed by atoms with van der Waals surface area (Å²) in [6.07, 6.45) is 3.09. The number of fused-ring (bicyclic) bond motifs is 2. The minimum atomic E-state index is -1.32. The molecule has 262 valence electrons. The summed E-state index contributed by atoms with van der Waals surface area (Å²) in [5.41, 5.74) is 0.0106. The first-order valence-electron chi connectivity index (χ1n) is 17.0. The van der Waals surface area contributed by atoms with Gasteiger partial charge in [0.15, 0.2) is 0 Å². The number of esters is 1. The molecule has 3 aliphatic heterocycles. The summed E-state index contributed by atoms with van der Waals surface area (Å²) in [5.74, 6) is -3.57. The number of benzene rings is 3. The zero-order valence-electron chi connectivity index (χ0n) is 27.8. The Morgan fingerprint density at radius 1 is 1.08 bits per heavy atom. The number of aliphatic hydroxyl groups excluding tert-OH is 1. The largest absolute Gasteiger partial charge is 0.455 e. The molecule has 1 spiro atoms. The van der Waals surface area contributed by atoms with Gasteiger partial charge in [-0.1, -0.05) is 88.7 Å². The number of hydrogen-bond donors (Lipinski definition) is 2. The van der Waals surface area contributed by atoms with Crippen LogP contribution in [0.3, 0.4) is 0 Å².